The van der Waals surface area contributed by atoms with Crippen molar-refractivity contribution in [2.45, 2.75) is 17.7 Å². The molecule has 3 aromatic rings. The van der Waals surface area contributed by atoms with E-state index in [4.69, 9.17) is 5.14 Å². The first kappa shape index (κ1) is 19.8. The molecule has 0 fully saturated rings. The molecule has 0 aliphatic heterocycles. The van der Waals surface area contributed by atoms with Crippen LogP contribution in [-0.4, -0.2) is 31.5 Å². The summed E-state index contributed by atoms with van der Waals surface area (Å²) in [5.74, 6) is 1.32. The van der Waals surface area contributed by atoms with Crippen LogP contribution in [0.4, 0.5) is 11.8 Å². The molecule has 0 unspecified atom stereocenters. The van der Waals surface area contributed by atoms with E-state index in [0.717, 1.165) is 30.8 Å². The molecular formula is C20H23N5O2S. The van der Waals surface area contributed by atoms with Crippen LogP contribution >= 0.6 is 0 Å². The summed E-state index contributed by atoms with van der Waals surface area (Å²) < 4.78 is 22.6. The van der Waals surface area contributed by atoms with Crippen LogP contribution in [0.15, 0.2) is 71.8 Å². The van der Waals surface area contributed by atoms with Gasteiger partial charge < -0.3 is 10.6 Å². The van der Waals surface area contributed by atoms with Crippen LogP contribution in [-0.2, 0) is 22.9 Å². The fraction of sp³-hybridized carbons (Fsp3) is 0.200. The average molecular weight is 398 g/mol. The zero-order valence-corrected chi connectivity index (χ0v) is 16.2. The fourth-order valence-corrected chi connectivity index (χ4v) is 3.20. The zero-order chi connectivity index (χ0) is 19.8. The molecule has 0 atom stereocenters. The van der Waals surface area contributed by atoms with E-state index in [0.29, 0.717) is 12.5 Å². The van der Waals surface area contributed by atoms with E-state index in [9.17, 15) is 8.42 Å². The number of hydrogen-bond acceptors (Lipinski definition) is 6. The van der Waals surface area contributed by atoms with E-state index < -0.39 is 10.0 Å². The molecule has 4 N–H and O–H groups in total. The first-order valence-electron chi connectivity index (χ1n) is 8.97. The second kappa shape index (κ2) is 9.29. The SMILES string of the molecule is NS(=O)(=O)c1ccc(CCNc2ccnc(NCCc3ccccc3)n2)cc1. The van der Waals surface area contributed by atoms with Crippen LogP contribution < -0.4 is 15.8 Å². The Bertz CT molecular complexity index is 993. The number of anilines is 2. The van der Waals surface area contributed by atoms with Crippen molar-refractivity contribution >= 4 is 21.8 Å². The normalized spacial score (nSPS) is 11.2. The maximum atomic E-state index is 11.3. The Balaban J connectivity index is 1.46. The fourth-order valence-electron chi connectivity index (χ4n) is 2.69. The molecule has 1 heterocycles. The molecule has 0 bridgehead atoms. The largest absolute Gasteiger partial charge is 0.370 e. The minimum atomic E-state index is -3.65. The van der Waals surface area contributed by atoms with E-state index in [1.807, 2.05) is 24.3 Å². The highest BCUT2D eigenvalue weighted by atomic mass is 32.2. The summed E-state index contributed by atoms with van der Waals surface area (Å²) in [4.78, 5) is 8.81. The van der Waals surface area contributed by atoms with Gasteiger partial charge in [-0.25, -0.2) is 18.5 Å². The van der Waals surface area contributed by atoms with Crippen LogP contribution in [0.1, 0.15) is 11.1 Å². The molecule has 7 nitrogen and oxygen atoms in total. The van der Waals surface area contributed by atoms with Crippen molar-refractivity contribution in [2.75, 3.05) is 23.7 Å². The second-order valence-corrected chi connectivity index (χ2v) is 7.86. The Kier molecular flexibility index (Phi) is 6.57. The summed E-state index contributed by atoms with van der Waals surface area (Å²) in [5, 5.41) is 11.6. The van der Waals surface area contributed by atoms with Gasteiger partial charge in [0.1, 0.15) is 5.82 Å². The van der Waals surface area contributed by atoms with Gasteiger partial charge >= 0.3 is 0 Å². The molecule has 0 radical (unpaired) electrons. The van der Waals surface area contributed by atoms with Gasteiger partial charge in [0.25, 0.3) is 0 Å². The van der Waals surface area contributed by atoms with E-state index in [-0.39, 0.29) is 4.90 Å². The van der Waals surface area contributed by atoms with Crippen LogP contribution in [0.2, 0.25) is 0 Å². The summed E-state index contributed by atoms with van der Waals surface area (Å²) >= 11 is 0. The minimum Gasteiger partial charge on any atom is -0.370 e. The number of nitrogens with zero attached hydrogens (tertiary/aromatic N) is 2. The maximum Gasteiger partial charge on any atom is 0.238 e. The Morgan fingerprint density at radius 1 is 0.821 bits per heavy atom. The van der Waals surface area contributed by atoms with E-state index in [2.05, 4.69) is 32.7 Å². The van der Waals surface area contributed by atoms with Gasteiger partial charge in [-0.1, -0.05) is 42.5 Å². The Morgan fingerprint density at radius 3 is 2.14 bits per heavy atom. The minimum absolute atomic E-state index is 0.117. The lowest BCUT2D eigenvalue weighted by molar-refractivity contribution is 0.598. The van der Waals surface area contributed by atoms with Crippen molar-refractivity contribution in [1.82, 2.24) is 9.97 Å². The van der Waals surface area contributed by atoms with Gasteiger partial charge in [-0.3, -0.25) is 0 Å². The molecule has 28 heavy (non-hydrogen) atoms. The summed E-state index contributed by atoms with van der Waals surface area (Å²) in [6.45, 7) is 1.42. The van der Waals surface area contributed by atoms with Crippen molar-refractivity contribution in [1.29, 1.82) is 0 Å². The predicted octanol–water partition coefficient (Wildman–Crippen LogP) is 2.43. The van der Waals surface area contributed by atoms with E-state index >= 15 is 0 Å². The van der Waals surface area contributed by atoms with Crippen LogP contribution in [0.5, 0.6) is 0 Å². The summed E-state index contributed by atoms with van der Waals surface area (Å²) in [5.41, 5.74) is 2.27. The van der Waals surface area contributed by atoms with Gasteiger partial charge in [-0.05, 0) is 42.2 Å². The molecule has 0 aliphatic rings. The third-order valence-corrected chi connectivity index (χ3v) is 5.10. The van der Waals surface area contributed by atoms with Crippen molar-refractivity contribution in [3.8, 4) is 0 Å². The summed E-state index contributed by atoms with van der Waals surface area (Å²) in [6.07, 6.45) is 3.34. The van der Waals surface area contributed by atoms with Gasteiger partial charge in [0.2, 0.25) is 16.0 Å². The second-order valence-electron chi connectivity index (χ2n) is 6.29. The van der Waals surface area contributed by atoms with Gasteiger partial charge in [-0.15, -0.1) is 0 Å². The molecule has 0 aliphatic carbocycles. The number of rotatable bonds is 9. The number of hydrogen-bond donors (Lipinski definition) is 3. The highest BCUT2D eigenvalue weighted by molar-refractivity contribution is 7.89. The molecule has 0 amide bonds. The Hall–Kier alpha value is -2.97. The molecule has 8 heteroatoms. The topological polar surface area (TPSA) is 110 Å². The first-order chi connectivity index (χ1) is 13.5. The molecule has 2 aromatic carbocycles. The van der Waals surface area contributed by atoms with E-state index in [1.54, 1.807) is 18.3 Å². The molecule has 3 rings (SSSR count). The van der Waals surface area contributed by atoms with Crippen molar-refractivity contribution in [3.05, 3.63) is 78.0 Å². The van der Waals surface area contributed by atoms with Gasteiger partial charge in [0.05, 0.1) is 4.90 Å². The monoisotopic (exact) mass is 397 g/mol. The molecule has 146 valence electrons. The zero-order valence-electron chi connectivity index (χ0n) is 15.4. The maximum absolute atomic E-state index is 11.3. The van der Waals surface area contributed by atoms with Crippen molar-refractivity contribution in [2.24, 2.45) is 5.14 Å². The number of nitrogens with two attached hydrogens (primary N) is 1. The lowest BCUT2D eigenvalue weighted by Crippen LogP contribution is -2.12. The number of sulfonamides is 1. The standard InChI is InChI=1S/C20H23N5O2S/c21-28(26,27)18-8-6-17(7-9-18)10-13-22-19-12-15-24-20(25-19)23-14-11-16-4-2-1-3-5-16/h1-9,12,15H,10-11,13-14H2,(H2,21,26,27)(H2,22,23,24,25). The number of primary sulfonamides is 1. The Morgan fingerprint density at radius 2 is 1.46 bits per heavy atom. The molecule has 0 saturated carbocycles. The van der Waals surface area contributed by atoms with Crippen LogP contribution in [0.25, 0.3) is 0 Å². The molecule has 0 saturated heterocycles. The third-order valence-electron chi connectivity index (χ3n) is 4.17. The lowest BCUT2D eigenvalue weighted by atomic mass is 10.1. The smallest absolute Gasteiger partial charge is 0.238 e. The number of nitrogens with one attached hydrogen (secondary N) is 2. The number of benzene rings is 2. The average Bonchev–Trinajstić information content (AvgIpc) is 2.69. The highest BCUT2D eigenvalue weighted by Crippen LogP contribution is 2.10. The lowest BCUT2D eigenvalue weighted by Gasteiger charge is -2.09. The molecule has 1 aromatic heterocycles. The first-order valence-corrected chi connectivity index (χ1v) is 10.5. The molecule has 0 spiro atoms. The summed E-state index contributed by atoms with van der Waals surface area (Å²) in [6, 6.07) is 18.6. The van der Waals surface area contributed by atoms with Gasteiger partial charge in [0.15, 0.2) is 0 Å². The quantitative estimate of drug-likeness (QED) is 0.511. The summed E-state index contributed by atoms with van der Waals surface area (Å²) in [7, 11) is -3.65. The van der Waals surface area contributed by atoms with Gasteiger partial charge in [0, 0.05) is 19.3 Å². The van der Waals surface area contributed by atoms with Crippen molar-refractivity contribution < 1.29 is 8.42 Å². The van der Waals surface area contributed by atoms with E-state index in [1.165, 1.54) is 17.7 Å². The van der Waals surface area contributed by atoms with Crippen LogP contribution in [0.3, 0.4) is 0 Å². The predicted molar refractivity (Wildman–Crippen MR) is 111 cm³/mol. The number of aromatic nitrogens is 2. The van der Waals surface area contributed by atoms with Crippen LogP contribution in [0, 0.1) is 0 Å². The van der Waals surface area contributed by atoms with Crippen molar-refractivity contribution in [3.63, 3.8) is 0 Å². The molecular weight excluding hydrogens is 374 g/mol. The van der Waals surface area contributed by atoms with Gasteiger partial charge in [-0.2, -0.15) is 4.98 Å². The highest BCUT2D eigenvalue weighted by Gasteiger charge is 2.06. The third kappa shape index (κ3) is 6.04. The Labute approximate surface area is 165 Å².